The summed E-state index contributed by atoms with van der Waals surface area (Å²) in [7, 11) is 1.23. The van der Waals surface area contributed by atoms with E-state index in [1.807, 2.05) is 0 Å². The number of amidine groups is 1. The third-order valence-corrected chi connectivity index (χ3v) is 4.43. The zero-order valence-electron chi connectivity index (χ0n) is 14.2. The van der Waals surface area contributed by atoms with Gasteiger partial charge in [-0.25, -0.2) is 9.18 Å². The lowest BCUT2D eigenvalue weighted by Crippen LogP contribution is -2.19. The Labute approximate surface area is 158 Å². The summed E-state index contributed by atoms with van der Waals surface area (Å²) in [6, 6.07) is 13.7. The summed E-state index contributed by atoms with van der Waals surface area (Å²) in [5, 5.41) is 10.6. The molecule has 2 aromatic carbocycles. The van der Waals surface area contributed by atoms with Crippen molar-refractivity contribution in [3.63, 3.8) is 0 Å². The van der Waals surface area contributed by atoms with E-state index in [9.17, 15) is 14.0 Å². The van der Waals surface area contributed by atoms with Crippen LogP contribution in [0.2, 0.25) is 0 Å². The molecule has 1 N–H and O–H groups in total. The number of benzene rings is 2. The molecule has 1 amide bonds. The molecule has 0 bridgehead atoms. The summed E-state index contributed by atoms with van der Waals surface area (Å²) < 4.78 is 18.4. The Morgan fingerprint density at radius 1 is 1.22 bits per heavy atom. The largest absolute Gasteiger partial charge is 0.466 e. The molecule has 1 aliphatic heterocycles. The van der Waals surface area contributed by atoms with E-state index in [-0.39, 0.29) is 15.9 Å². The second-order valence-electron chi connectivity index (χ2n) is 5.34. The van der Waals surface area contributed by atoms with Crippen LogP contribution in [-0.2, 0) is 14.3 Å². The summed E-state index contributed by atoms with van der Waals surface area (Å²) in [6.07, 6.45) is 2.58. The molecule has 3 rings (SSSR count). The van der Waals surface area contributed by atoms with Gasteiger partial charge in [0.25, 0.3) is 5.91 Å². The van der Waals surface area contributed by atoms with Crippen molar-refractivity contribution in [2.75, 3.05) is 7.11 Å². The fraction of sp³-hybridized carbons (Fsp3) is 0.0526. The molecule has 0 unspecified atom stereocenters. The Morgan fingerprint density at radius 3 is 2.81 bits per heavy atom. The molecule has 136 valence electrons. The van der Waals surface area contributed by atoms with E-state index in [0.717, 1.165) is 29.0 Å². The highest BCUT2D eigenvalue weighted by atomic mass is 32.2. The standard InChI is InChI=1S/C19H14FN3O3S/c1-26-17(24)10-16-18(25)22-19(27-16)23-21-11-12-5-4-6-13(9-12)14-7-2-3-8-15(14)20/h2-11H,1H3,(H,22,23,25)/b16-10+,21-11?. The molecule has 8 heteroatoms. The average molecular weight is 383 g/mol. The van der Waals surface area contributed by atoms with Gasteiger partial charge in [0.05, 0.1) is 18.2 Å². The van der Waals surface area contributed by atoms with E-state index in [2.05, 4.69) is 20.3 Å². The van der Waals surface area contributed by atoms with E-state index >= 15 is 0 Å². The number of rotatable bonds is 4. The predicted octanol–water partition coefficient (Wildman–Crippen LogP) is 3.10. The van der Waals surface area contributed by atoms with Crippen LogP contribution in [0.15, 0.2) is 69.7 Å². The first kappa shape index (κ1) is 18.5. The number of hydrogen-bond donors (Lipinski definition) is 1. The number of methoxy groups -OCH3 is 1. The number of nitrogens with one attached hydrogen (secondary N) is 1. The van der Waals surface area contributed by atoms with Gasteiger partial charge in [0.1, 0.15) is 5.82 Å². The zero-order chi connectivity index (χ0) is 19.2. The maximum absolute atomic E-state index is 13.9. The van der Waals surface area contributed by atoms with Crippen molar-refractivity contribution in [3.8, 4) is 11.1 Å². The first-order valence-electron chi connectivity index (χ1n) is 7.81. The van der Waals surface area contributed by atoms with E-state index in [4.69, 9.17) is 0 Å². The lowest BCUT2D eigenvalue weighted by Gasteiger charge is -2.03. The summed E-state index contributed by atoms with van der Waals surface area (Å²) >= 11 is 0.986. The van der Waals surface area contributed by atoms with Gasteiger partial charge in [-0.05, 0) is 35.0 Å². The lowest BCUT2D eigenvalue weighted by molar-refractivity contribution is -0.135. The number of halogens is 1. The monoisotopic (exact) mass is 383 g/mol. The first-order valence-corrected chi connectivity index (χ1v) is 8.63. The third kappa shape index (κ3) is 4.68. The SMILES string of the molecule is COC(=O)/C=C1/S/C(=N\N=Cc2cccc(-c3ccccc3F)c2)NC1=O. The Kier molecular flexibility index (Phi) is 5.77. The average Bonchev–Trinajstić information content (AvgIpc) is 3.01. The molecule has 0 aromatic heterocycles. The van der Waals surface area contributed by atoms with E-state index < -0.39 is 11.9 Å². The quantitative estimate of drug-likeness (QED) is 0.381. The van der Waals surface area contributed by atoms with Crippen molar-refractivity contribution in [2.45, 2.75) is 0 Å². The van der Waals surface area contributed by atoms with Crippen molar-refractivity contribution in [2.24, 2.45) is 10.2 Å². The molecule has 0 saturated carbocycles. The van der Waals surface area contributed by atoms with Crippen LogP contribution in [0.5, 0.6) is 0 Å². The van der Waals surface area contributed by atoms with Gasteiger partial charge in [0.2, 0.25) is 0 Å². The van der Waals surface area contributed by atoms with Gasteiger partial charge >= 0.3 is 5.97 Å². The van der Waals surface area contributed by atoms with E-state index in [1.54, 1.807) is 42.5 Å². The molecule has 1 aliphatic rings. The van der Waals surface area contributed by atoms with Crippen LogP contribution in [-0.4, -0.2) is 30.4 Å². The normalized spacial score (nSPS) is 16.9. The van der Waals surface area contributed by atoms with Crippen LogP contribution in [0.3, 0.4) is 0 Å². The minimum atomic E-state index is -0.623. The number of esters is 1. The number of thioether (sulfide) groups is 1. The van der Waals surface area contributed by atoms with Gasteiger partial charge in [0, 0.05) is 11.6 Å². The molecule has 1 saturated heterocycles. The van der Waals surface area contributed by atoms with Gasteiger partial charge < -0.3 is 4.74 Å². The molecule has 1 fully saturated rings. The molecular weight excluding hydrogens is 369 g/mol. The van der Waals surface area contributed by atoms with Crippen LogP contribution < -0.4 is 5.32 Å². The van der Waals surface area contributed by atoms with Crippen molar-refractivity contribution in [1.82, 2.24) is 5.32 Å². The van der Waals surface area contributed by atoms with Gasteiger partial charge in [0.15, 0.2) is 5.17 Å². The molecule has 0 aliphatic carbocycles. The third-order valence-electron chi connectivity index (χ3n) is 3.53. The number of hydrogen-bond acceptors (Lipinski definition) is 6. The molecule has 6 nitrogen and oxygen atoms in total. The van der Waals surface area contributed by atoms with E-state index in [1.165, 1.54) is 19.4 Å². The van der Waals surface area contributed by atoms with Gasteiger partial charge in [-0.15, -0.1) is 5.10 Å². The molecule has 1 heterocycles. The van der Waals surface area contributed by atoms with Crippen molar-refractivity contribution in [3.05, 3.63) is 70.9 Å². The minimum Gasteiger partial charge on any atom is -0.466 e. The minimum absolute atomic E-state index is 0.178. The molecule has 0 atom stereocenters. The maximum Gasteiger partial charge on any atom is 0.331 e. The maximum atomic E-state index is 13.9. The number of nitrogens with zero attached hydrogens (tertiary/aromatic N) is 2. The van der Waals surface area contributed by atoms with Gasteiger partial charge in [-0.2, -0.15) is 5.10 Å². The van der Waals surface area contributed by atoms with Crippen molar-refractivity contribution < 1.29 is 18.7 Å². The highest BCUT2D eigenvalue weighted by Gasteiger charge is 2.24. The number of carbonyl (C=O) groups is 2. The molecule has 0 radical (unpaired) electrons. The Balaban J connectivity index is 1.74. The van der Waals surface area contributed by atoms with Crippen LogP contribution in [0.4, 0.5) is 4.39 Å². The molecular formula is C19H14FN3O3S. The summed E-state index contributed by atoms with van der Waals surface area (Å²) in [5.41, 5.74) is 1.94. The van der Waals surface area contributed by atoms with E-state index in [0.29, 0.717) is 5.56 Å². The van der Waals surface area contributed by atoms with Crippen LogP contribution in [0.25, 0.3) is 11.1 Å². The van der Waals surface area contributed by atoms with Gasteiger partial charge in [-0.3, -0.25) is 10.1 Å². The fourth-order valence-electron chi connectivity index (χ4n) is 2.27. The Hall–Kier alpha value is -3.26. The molecule has 27 heavy (non-hydrogen) atoms. The second-order valence-corrected chi connectivity index (χ2v) is 6.37. The lowest BCUT2D eigenvalue weighted by atomic mass is 10.0. The summed E-state index contributed by atoms with van der Waals surface area (Å²) in [5.74, 6) is -1.37. The topological polar surface area (TPSA) is 80.1 Å². The number of carbonyl (C=O) groups excluding carboxylic acids is 2. The second kappa shape index (κ2) is 8.41. The van der Waals surface area contributed by atoms with Crippen LogP contribution in [0, 0.1) is 5.82 Å². The number of ether oxygens (including phenoxy) is 1. The van der Waals surface area contributed by atoms with Crippen molar-refractivity contribution >= 4 is 35.0 Å². The molecule has 0 spiro atoms. The zero-order valence-corrected chi connectivity index (χ0v) is 15.0. The Morgan fingerprint density at radius 2 is 2.04 bits per heavy atom. The Bertz CT molecular complexity index is 986. The fourth-order valence-corrected chi connectivity index (χ4v) is 3.01. The van der Waals surface area contributed by atoms with Crippen molar-refractivity contribution in [1.29, 1.82) is 0 Å². The summed E-state index contributed by atoms with van der Waals surface area (Å²) in [6.45, 7) is 0. The van der Waals surface area contributed by atoms with Crippen LogP contribution >= 0.6 is 11.8 Å². The summed E-state index contributed by atoms with van der Waals surface area (Å²) in [4.78, 5) is 23.1. The highest BCUT2D eigenvalue weighted by Crippen LogP contribution is 2.24. The molecule has 2 aromatic rings. The predicted molar refractivity (Wildman–Crippen MR) is 103 cm³/mol. The first-order chi connectivity index (χ1) is 13.1. The number of amides is 1. The van der Waals surface area contributed by atoms with Crippen LogP contribution in [0.1, 0.15) is 5.56 Å². The smallest absolute Gasteiger partial charge is 0.331 e. The highest BCUT2D eigenvalue weighted by molar-refractivity contribution is 8.18. The van der Waals surface area contributed by atoms with Gasteiger partial charge in [-0.1, -0.05) is 36.4 Å².